The Morgan fingerprint density at radius 1 is 1.25 bits per heavy atom. The molecule has 2 aromatic rings. The Labute approximate surface area is 140 Å². The zero-order valence-corrected chi connectivity index (χ0v) is 14.3. The largest absolute Gasteiger partial charge is 0.336 e. The molecule has 0 saturated heterocycles. The third-order valence-corrected chi connectivity index (χ3v) is 5.23. The predicted molar refractivity (Wildman–Crippen MR) is 88.8 cm³/mol. The smallest absolute Gasteiger partial charge is 0.253 e. The van der Waals surface area contributed by atoms with E-state index in [9.17, 15) is 13.2 Å². The number of nitrogens with one attached hydrogen (secondary N) is 1. The third kappa shape index (κ3) is 3.34. The molecule has 1 aromatic carbocycles. The van der Waals surface area contributed by atoms with Gasteiger partial charge in [-0.2, -0.15) is 5.10 Å². The molecular weight excluding hydrogens is 328 g/mol. The van der Waals surface area contributed by atoms with Gasteiger partial charge in [-0.1, -0.05) is 0 Å². The molecule has 0 fully saturated rings. The van der Waals surface area contributed by atoms with Crippen LogP contribution in [0.3, 0.4) is 0 Å². The molecule has 24 heavy (non-hydrogen) atoms. The maximum atomic E-state index is 12.5. The highest BCUT2D eigenvalue weighted by Gasteiger charge is 2.20. The molecule has 128 valence electrons. The van der Waals surface area contributed by atoms with Crippen LogP contribution in [0.5, 0.6) is 0 Å². The molecule has 0 aliphatic heterocycles. The second-order valence-electron chi connectivity index (χ2n) is 6.07. The highest BCUT2D eigenvalue weighted by Crippen LogP contribution is 2.23. The lowest BCUT2D eigenvalue weighted by Gasteiger charge is -2.18. The number of hydrogen-bond acceptors (Lipinski definition) is 4. The fourth-order valence-corrected chi connectivity index (χ4v) is 3.50. The number of carbonyl (C=O) groups is 1. The summed E-state index contributed by atoms with van der Waals surface area (Å²) in [6.07, 6.45) is 4.31. The maximum absolute atomic E-state index is 12.5. The molecule has 0 radical (unpaired) electrons. The van der Waals surface area contributed by atoms with Crippen LogP contribution in [0, 0.1) is 0 Å². The van der Waals surface area contributed by atoms with E-state index in [0.29, 0.717) is 12.1 Å². The number of fused-ring (bicyclic) bond motifs is 1. The Kier molecular flexibility index (Phi) is 4.42. The van der Waals surface area contributed by atoms with Gasteiger partial charge in [-0.3, -0.25) is 9.89 Å². The summed E-state index contributed by atoms with van der Waals surface area (Å²) in [7, 11) is -2.05. The molecule has 3 rings (SSSR count). The van der Waals surface area contributed by atoms with Gasteiger partial charge in [0, 0.05) is 18.3 Å². The average Bonchev–Trinajstić information content (AvgIpc) is 2.96. The highest BCUT2D eigenvalue weighted by atomic mass is 32.2. The van der Waals surface area contributed by atoms with Gasteiger partial charge >= 0.3 is 0 Å². The first-order chi connectivity index (χ1) is 11.4. The SMILES string of the molecule is CN(Cc1n[nH]c2c1CCCC2)C(=O)c1ccc(S(N)(=O)=O)cc1. The molecule has 1 aliphatic rings. The van der Waals surface area contributed by atoms with Crippen LogP contribution in [-0.4, -0.2) is 36.5 Å². The second kappa shape index (κ2) is 6.37. The van der Waals surface area contributed by atoms with E-state index in [1.165, 1.54) is 41.9 Å². The molecule has 0 spiro atoms. The van der Waals surface area contributed by atoms with Crippen molar-refractivity contribution in [1.29, 1.82) is 0 Å². The van der Waals surface area contributed by atoms with Gasteiger partial charge in [0.15, 0.2) is 0 Å². The Balaban J connectivity index is 1.74. The van der Waals surface area contributed by atoms with E-state index in [2.05, 4.69) is 10.2 Å². The Hall–Kier alpha value is -2.19. The number of aryl methyl sites for hydroxylation is 1. The van der Waals surface area contributed by atoms with Crippen LogP contribution in [-0.2, 0) is 29.4 Å². The van der Waals surface area contributed by atoms with Crippen molar-refractivity contribution in [1.82, 2.24) is 15.1 Å². The van der Waals surface area contributed by atoms with Crippen LogP contribution in [0.25, 0.3) is 0 Å². The zero-order valence-electron chi connectivity index (χ0n) is 13.4. The number of H-pyrrole nitrogens is 1. The summed E-state index contributed by atoms with van der Waals surface area (Å²) >= 11 is 0. The monoisotopic (exact) mass is 348 g/mol. The standard InChI is InChI=1S/C16H20N4O3S/c1-20(10-15-13-4-2-3-5-14(13)18-19-15)16(21)11-6-8-12(9-7-11)24(17,22)23/h6-9H,2-5,10H2,1H3,(H,18,19)(H2,17,22,23). The minimum atomic E-state index is -3.76. The second-order valence-corrected chi connectivity index (χ2v) is 7.63. The summed E-state index contributed by atoms with van der Waals surface area (Å²) in [5.41, 5.74) is 3.72. The first kappa shape index (κ1) is 16.7. The van der Waals surface area contributed by atoms with Gasteiger partial charge in [0.1, 0.15) is 0 Å². The summed E-state index contributed by atoms with van der Waals surface area (Å²) in [6.45, 7) is 0.418. The molecule has 0 atom stereocenters. The first-order valence-corrected chi connectivity index (χ1v) is 9.34. The van der Waals surface area contributed by atoms with Crippen LogP contribution < -0.4 is 5.14 Å². The van der Waals surface area contributed by atoms with Crippen molar-refractivity contribution < 1.29 is 13.2 Å². The van der Waals surface area contributed by atoms with Crippen LogP contribution in [0.15, 0.2) is 29.2 Å². The number of amides is 1. The van der Waals surface area contributed by atoms with E-state index in [0.717, 1.165) is 25.0 Å². The van der Waals surface area contributed by atoms with E-state index < -0.39 is 10.0 Å². The Morgan fingerprint density at radius 3 is 2.58 bits per heavy atom. The molecular formula is C16H20N4O3S. The molecule has 1 heterocycles. The Morgan fingerprint density at radius 2 is 1.92 bits per heavy atom. The molecule has 0 unspecified atom stereocenters. The minimum absolute atomic E-state index is 0.0110. The van der Waals surface area contributed by atoms with Crippen molar-refractivity contribution in [3.63, 3.8) is 0 Å². The minimum Gasteiger partial charge on any atom is -0.336 e. The number of primary sulfonamides is 1. The molecule has 1 aliphatic carbocycles. The van der Waals surface area contributed by atoms with E-state index in [1.807, 2.05) is 0 Å². The summed E-state index contributed by atoms with van der Waals surface area (Å²) in [4.78, 5) is 14.1. The average molecular weight is 348 g/mol. The number of nitrogens with zero attached hydrogens (tertiary/aromatic N) is 2. The van der Waals surface area contributed by atoms with Crippen LogP contribution in [0.2, 0.25) is 0 Å². The fourth-order valence-electron chi connectivity index (χ4n) is 2.98. The topological polar surface area (TPSA) is 109 Å². The molecule has 3 N–H and O–H groups in total. The molecule has 1 amide bonds. The number of benzene rings is 1. The van der Waals surface area contributed by atoms with Gasteiger partial charge in [0.2, 0.25) is 10.0 Å². The molecule has 0 bridgehead atoms. The van der Waals surface area contributed by atoms with Crippen molar-refractivity contribution in [2.45, 2.75) is 37.1 Å². The summed E-state index contributed by atoms with van der Waals surface area (Å²) in [5.74, 6) is -0.191. The van der Waals surface area contributed by atoms with Crippen molar-refractivity contribution in [2.24, 2.45) is 5.14 Å². The third-order valence-electron chi connectivity index (χ3n) is 4.31. The van der Waals surface area contributed by atoms with E-state index in [4.69, 9.17) is 5.14 Å². The lowest BCUT2D eigenvalue weighted by Crippen LogP contribution is -2.27. The number of rotatable bonds is 4. The molecule has 8 heteroatoms. The molecule has 0 saturated carbocycles. The zero-order chi connectivity index (χ0) is 17.3. The Bertz CT molecular complexity index is 856. The molecule has 1 aromatic heterocycles. The number of aromatic amines is 1. The normalized spacial score (nSPS) is 14.2. The lowest BCUT2D eigenvalue weighted by molar-refractivity contribution is 0.0783. The summed E-state index contributed by atoms with van der Waals surface area (Å²) in [5, 5.41) is 12.5. The van der Waals surface area contributed by atoms with Gasteiger partial charge in [0.25, 0.3) is 5.91 Å². The number of nitrogens with two attached hydrogens (primary N) is 1. The fraction of sp³-hybridized carbons (Fsp3) is 0.375. The van der Waals surface area contributed by atoms with Crippen LogP contribution >= 0.6 is 0 Å². The van der Waals surface area contributed by atoms with Crippen molar-refractivity contribution in [2.75, 3.05) is 7.05 Å². The van der Waals surface area contributed by atoms with Crippen molar-refractivity contribution in [3.05, 3.63) is 46.8 Å². The van der Waals surface area contributed by atoms with Crippen LogP contribution in [0.4, 0.5) is 0 Å². The van der Waals surface area contributed by atoms with Crippen molar-refractivity contribution in [3.8, 4) is 0 Å². The highest BCUT2D eigenvalue weighted by molar-refractivity contribution is 7.89. The number of carbonyl (C=O) groups excluding carboxylic acids is 1. The number of aromatic nitrogens is 2. The van der Waals surface area contributed by atoms with E-state index in [-0.39, 0.29) is 10.8 Å². The summed E-state index contributed by atoms with van der Waals surface area (Å²) < 4.78 is 22.5. The quantitative estimate of drug-likeness (QED) is 0.865. The van der Waals surface area contributed by atoms with E-state index >= 15 is 0 Å². The van der Waals surface area contributed by atoms with Gasteiger partial charge in [-0.15, -0.1) is 0 Å². The maximum Gasteiger partial charge on any atom is 0.253 e. The number of hydrogen-bond donors (Lipinski definition) is 2. The van der Waals surface area contributed by atoms with Gasteiger partial charge in [-0.05, 0) is 55.5 Å². The number of sulfonamides is 1. The van der Waals surface area contributed by atoms with Crippen molar-refractivity contribution >= 4 is 15.9 Å². The van der Waals surface area contributed by atoms with Crippen LogP contribution in [0.1, 0.15) is 40.2 Å². The van der Waals surface area contributed by atoms with E-state index in [1.54, 1.807) is 11.9 Å². The molecule has 7 nitrogen and oxygen atoms in total. The summed E-state index contributed by atoms with van der Waals surface area (Å²) in [6, 6.07) is 5.62. The van der Waals surface area contributed by atoms with Gasteiger partial charge in [0.05, 0.1) is 17.1 Å². The first-order valence-electron chi connectivity index (χ1n) is 7.79. The lowest BCUT2D eigenvalue weighted by atomic mass is 9.96. The van der Waals surface area contributed by atoms with Gasteiger partial charge < -0.3 is 4.90 Å². The predicted octanol–water partition coefficient (Wildman–Crippen LogP) is 1.21. The van der Waals surface area contributed by atoms with Gasteiger partial charge in [-0.25, -0.2) is 13.6 Å².